The van der Waals surface area contributed by atoms with Crippen LogP contribution in [0.15, 0.2) is 42.7 Å². The highest BCUT2D eigenvalue weighted by Crippen LogP contribution is 2.16. The van der Waals surface area contributed by atoms with Crippen molar-refractivity contribution in [1.82, 2.24) is 4.98 Å². The summed E-state index contributed by atoms with van der Waals surface area (Å²) in [6.45, 7) is 6.27. The Labute approximate surface area is 114 Å². The number of hydrogen-bond acceptors (Lipinski definition) is 2. The Morgan fingerprint density at radius 2 is 1.84 bits per heavy atom. The number of Topliss-reactive ketones (excluding diaryl/α,β-unsaturated/α-hetero) is 1. The topological polar surface area (TPSA) is 30.0 Å². The quantitative estimate of drug-likeness (QED) is 0.772. The van der Waals surface area contributed by atoms with Crippen LogP contribution >= 0.6 is 0 Å². The first-order chi connectivity index (χ1) is 9.08. The minimum absolute atomic E-state index is 0.128. The van der Waals surface area contributed by atoms with E-state index < -0.39 is 0 Å². The molecule has 0 spiro atoms. The maximum Gasteiger partial charge on any atom is 0.169 e. The van der Waals surface area contributed by atoms with Gasteiger partial charge in [0.2, 0.25) is 0 Å². The molecule has 2 nitrogen and oxygen atoms in total. The van der Waals surface area contributed by atoms with Crippen molar-refractivity contribution in [1.29, 1.82) is 0 Å². The summed E-state index contributed by atoms with van der Waals surface area (Å²) in [4.78, 5) is 16.2. The lowest BCUT2D eigenvalue weighted by atomic mass is 9.98. The number of rotatable bonds is 4. The van der Waals surface area contributed by atoms with Gasteiger partial charge in [-0.1, -0.05) is 38.1 Å². The normalized spacial score (nSPS) is 10.7. The molecular weight excluding hydrogens is 234 g/mol. The molecule has 1 aromatic carbocycles. The Balaban J connectivity index is 2.13. The Morgan fingerprint density at radius 3 is 2.42 bits per heavy atom. The first-order valence-electron chi connectivity index (χ1n) is 6.60. The van der Waals surface area contributed by atoms with Crippen molar-refractivity contribution in [2.45, 2.75) is 33.1 Å². The summed E-state index contributed by atoms with van der Waals surface area (Å²) in [6, 6.07) is 10.2. The van der Waals surface area contributed by atoms with E-state index in [0.717, 1.165) is 16.7 Å². The van der Waals surface area contributed by atoms with Crippen molar-refractivity contribution in [2.75, 3.05) is 0 Å². The van der Waals surface area contributed by atoms with Crippen molar-refractivity contribution < 1.29 is 4.79 Å². The number of pyridine rings is 1. The molecule has 0 saturated heterocycles. The van der Waals surface area contributed by atoms with Gasteiger partial charge in [-0.2, -0.15) is 0 Å². The molecule has 0 N–H and O–H groups in total. The fraction of sp³-hybridized carbons (Fsp3) is 0.294. The maximum absolute atomic E-state index is 12.2. The summed E-state index contributed by atoms with van der Waals surface area (Å²) in [7, 11) is 0. The van der Waals surface area contributed by atoms with Gasteiger partial charge in [0.25, 0.3) is 0 Å². The van der Waals surface area contributed by atoms with Crippen LogP contribution in [0.1, 0.15) is 46.8 Å². The first kappa shape index (κ1) is 13.5. The molecular formula is C17H19NO. The van der Waals surface area contributed by atoms with E-state index >= 15 is 0 Å². The molecule has 0 amide bonds. The van der Waals surface area contributed by atoms with Gasteiger partial charge in [0.05, 0.1) is 0 Å². The van der Waals surface area contributed by atoms with E-state index in [1.807, 2.05) is 25.1 Å². The van der Waals surface area contributed by atoms with Gasteiger partial charge in [0.15, 0.2) is 5.78 Å². The summed E-state index contributed by atoms with van der Waals surface area (Å²) in [5, 5.41) is 0. The van der Waals surface area contributed by atoms with Gasteiger partial charge in [-0.25, -0.2) is 0 Å². The van der Waals surface area contributed by atoms with E-state index in [9.17, 15) is 4.79 Å². The number of hydrogen-bond donors (Lipinski definition) is 0. The molecule has 2 rings (SSSR count). The zero-order chi connectivity index (χ0) is 13.8. The van der Waals surface area contributed by atoms with E-state index in [1.54, 1.807) is 12.4 Å². The minimum Gasteiger partial charge on any atom is -0.294 e. The van der Waals surface area contributed by atoms with Crippen LogP contribution in [-0.2, 0) is 6.42 Å². The summed E-state index contributed by atoms with van der Waals surface area (Å²) < 4.78 is 0. The second-order valence-corrected chi connectivity index (χ2v) is 5.19. The van der Waals surface area contributed by atoms with Gasteiger partial charge in [-0.3, -0.25) is 9.78 Å². The number of benzene rings is 1. The van der Waals surface area contributed by atoms with Crippen LogP contribution in [0.5, 0.6) is 0 Å². The van der Waals surface area contributed by atoms with Gasteiger partial charge in [-0.05, 0) is 35.6 Å². The summed E-state index contributed by atoms with van der Waals surface area (Å²) >= 11 is 0. The van der Waals surface area contributed by atoms with Crippen LogP contribution in [0.3, 0.4) is 0 Å². The van der Waals surface area contributed by atoms with Crippen molar-refractivity contribution in [3.63, 3.8) is 0 Å². The third-order valence-electron chi connectivity index (χ3n) is 3.35. The summed E-state index contributed by atoms with van der Waals surface area (Å²) in [5.41, 5.74) is 4.06. The molecule has 0 atom stereocenters. The molecule has 0 fully saturated rings. The molecule has 98 valence electrons. The third-order valence-corrected chi connectivity index (χ3v) is 3.35. The van der Waals surface area contributed by atoms with Gasteiger partial charge in [0.1, 0.15) is 0 Å². The van der Waals surface area contributed by atoms with Crippen LogP contribution < -0.4 is 0 Å². The van der Waals surface area contributed by atoms with Crippen molar-refractivity contribution in [2.24, 2.45) is 0 Å². The molecule has 0 saturated carbocycles. The van der Waals surface area contributed by atoms with Gasteiger partial charge in [0, 0.05) is 24.4 Å². The zero-order valence-electron chi connectivity index (χ0n) is 11.7. The van der Waals surface area contributed by atoms with Crippen LogP contribution in [-0.4, -0.2) is 10.8 Å². The maximum atomic E-state index is 12.2. The Hall–Kier alpha value is -1.96. The third kappa shape index (κ3) is 3.28. The Bertz CT molecular complexity index is 570. The molecule has 0 bridgehead atoms. The monoisotopic (exact) mass is 253 g/mol. The molecule has 0 radical (unpaired) electrons. The first-order valence-corrected chi connectivity index (χ1v) is 6.60. The lowest BCUT2D eigenvalue weighted by molar-refractivity contribution is 0.0992. The van der Waals surface area contributed by atoms with Gasteiger partial charge >= 0.3 is 0 Å². The lowest BCUT2D eigenvalue weighted by Crippen LogP contribution is -2.06. The van der Waals surface area contributed by atoms with Crippen LogP contribution in [0.2, 0.25) is 0 Å². The summed E-state index contributed by atoms with van der Waals surface area (Å²) in [5.74, 6) is 0.646. The molecule has 1 heterocycles. The predicted molar refractivity (Wildman–Crippen MR) is 77.5 cm³/mol. The highest BCUT2D eigenvalue weighted by atomic mass is 16.1. The van der Waals surface area contributed by atoms with Crippen molar-refractivity contribution in [3.8, 4) is 0 Å². The number of carbonyl (C=O) groups excluding carboxylic acids is 1. The molecule has 0 aliphatic carbocycles. The number of ketones is 1. The van der Waals surface area contributed by atoms with E-state index in [2.05, 4.69) is 31.0 Å². The zero-order valence-corrected chi connectivity index (χ0v) is 11.7. The van der Waals surface area contributed by atoms with Crippen molar-refractivity contribution >= 4 is 5.78 Å². The highest BCUT2D eigenvalue weighted by molar-refractivity contribution is 5.98. The average molecular weight is 253 g/mol. The molecule has 0 aliphatic heterocycles. The van der Waals surface area contributed by atoms with Crippen LogP contribution in [0, 0.1) is 6.92 Å². The second kappa shape index (κ2) is 5.79. The van der Waals surface area contributed by atoms with E-state index in [-0.39, 0.29) is 5.78 Å². The van der Waals surface area contributed by atoms with Crippen LogP contribution in [0.25, 0.3) is 0 Å². The van der Waals surface area contributed by atoms with E-state index in [1.165, 1.54) is 5.56 Å². The number of nitrogens with zero attached hydrogens (tertiary/aromatic N) is 1. The molecule has 0 unspecified atom stereocenters. The number of carbonyl (C=O) groups is 1. The fourth-order valence-corrected chi connectivity index (χ4v) is 2.06. The predicted octanol–water partition coefficient (Wildman–Crippen LogP) is 3.94. The van der Waals surface area contributed by atoms with Crippen LogP contribution in [0.4, 0.5) is 0 Å². The van der Waals surface area contributed by atoms with E-state index in [0.29, 0.717) is 12.3 Å². The fourth-order valence-electron chi connectivity index (χ4n) is 2.06. The lowest BCUT2D eigenvalue weighted by Gasteiger charge is -2.07. The van der Waals surface area contributed by atoms with E-state index in [4.69, 9.17) is 0 Å². The molecule has 0 aliphatic rings. The largest absolute Gasteiger partial charge is 0.294 e. The van der Waals surface area contributed by atoms with Crippen molar-refractivity contribution in [3.05, 3.63) is 65.0 Å². The van der Waals surface area contributed by atoms with Gasteiger partial charge in [-0.15, -0.1) is 0 Å². The highest BCUT2D eigenvalue weighted by Gasteiger charge is 2.10. The SMILES string of the molecule is Cc1ccncc1C(=O)Cc1ccc(C(C)C)cc1. The number of aryl methyl sites for hydroxylation is 1. The molecule has 2 aromatic rings. The second-order valence-electron chi connectivity index (χ2n) is 5.19. The standard InChI is InChI=1S/C17H19NO/c1-12(2)15-6-4-14(5-7-15)10-17(19)16-11-18-9-8-13(16)3/h4-9,11-12H,10H2,1-3H3. The number of aromatic nitrogens is 1. The average Bonchev–Trinajstić information content (AvgIpc) is 2.39. The Morgan fingerprint density at radius 1 is 1.16 bits per heavy atom. The Kier molecular flexibility index (Phi) is 4.10. The molecule has 1 aromatic heterocycles. The summed E-state index contributed by atoms with van der Waals surface area (Å²) in [6.07, 6.45) is 3.80. The smallest absolute Gasteiger partial charge is 0.169 e. The molecule has 2 heteroatoms. The minimum atomic E-state index is 0.128. The molecule has 19 heavy (non-hydrogen) atoms. The van der Waals surface area contributed by atoms with Gasteiger partial charge < -0.3 is 0 Å².